The zero-order chi connectivity index (χ0) is 8.27. The van der Waals surface area contributed by atoms with Crippen molar-refractivity contribution in [2.45, 2.75) is 19.9 Å². The van der Waals surface area contributed by atoms with E-state index in [0.29, 0.717) is 12.0 Å². The van der Waals surface area contributed by atoms with Gasteiger partial charge in [0.2, 0.25) is 0 Å². The van der Waals surface area contributed by atoms with Crippen LogP contribution >= 0.6 is 0 Å². The molecular weight excluding hydrogens is 136 g/mol. The molecule has 2 atom stereocenters. The molecule has 62 valence electrons. The second-order valence-electron chi connectivity index (χ2n) is 3.26. The van der Waals surface area contributed by atoms with Crippen LogP contribution in [0.4, 0.5) is 0 Å². The van der Waals surface area contributed by atoms with Crippen LogP contribution in [0, 0.1) is 17.8 Å². The first-order valence-corrected chi connectivity index (χ1v) is 4.11. The summed E-state index contributed by atoms with van der Waals surface area (Å²) >= 11 is 0. The average Bonchev–Trinajstić information content (AvgIpc) is 2.28. The molecule has 1 rings (SSSR count). The molecule has 1 aliphatic heterocycles. The van der Waals surface area contributed by atoms with Crippen LogP contribution in [0.5, 0.6) is 0 Å². The van der Waals surface area contributed by atoms with Gasteiger partial charge in [-0.2, -0.15) is 0 Å². The lowest BCUT2D eigenvalue weighted by molar-refractivity contribution is 0.368. The topological polar surface area (TPSA) is 29.3 Å². The summed E-state index contributed by atoms with van der Waals surface area (Å²) in [6.45, 7) is 7.07. The number of hydrogen-bond donors (Lipinski definition) is 1. The van der Waals surface area contributed by atoms with Crippen molar-refractivity contribution < 1.29 is 0 Å². The lowest BCUT2D eigenvalue weighted by Crippen LogP contribution is -2.28. The van der Waals surface area contributed by atoms with Gasteiger partial charge in [-0.1, -0.05) is 12.8 Å². The van der Waals surface area contributed by atoms with Crippen molar-refractivity contribution in [2.75, 3.05) is 19.6 Å². The van der Waals surface area contributed by atoms with E-state index in [4.69, 9.17) is 5.73 Å². The van der Waals surface area contributed by atoms with Gasteiger partial charge < -0.3 is 5.73 Å². The van der Waals surface area contributed by atoms with E-state index in [2.05, 4.69) is 23.7 Å². The summed E-state index contributed by atoms with van der Waals surface area (Å²) in [7, 11) is 0. The van der Waals surface area contributed by atoms with E-state index in [1.807, 2.05) is 6.92 Å². The smallest absolute Gasteiger partial charge is 0.0602 e. The van der Waals surface area contributed by atoms with Gasteiger partial charge in [0.25, 0.3) is 0 Å². The third-order valence-corrected chi connectivity index (χ3v) is 2.23. The lowest BCUT2D eigenvalue weighted by atomic mass is 10.1. The highest BCUT2D eigenvalue weighted by molar-refractivity contribution is 5.00. The number of hydrogen-bond acceptors (Lipinski definition) is 2. The molecule has 0 aliphatic carbocycles. The molecule has 0 amide bonds. The molecule has 0 aromatic heterocycles. The highest BCUT2D eigenvalue weighted by atomic mass is 15.2. The third-order valence-electron chi connectivity index (χ3n) is 2.23. The quantitative estimate of drug-likeness (QED) is 0.547. The molecule has 2 N–H and O–H groups in total. The second-order valence-corrected chi connectivity index (χ2v) is 3.26. The van der Waals surface area contributed by atoms with Crippen molar-refractivity contribution in [1.82, 2.24) is 4.90 Å². The fourth-order valence-electron chi connectivity index (χ4n) is 1.42. The number of nitrogens with two attached hydrogens (primary N) is 1. The van der Waals surface area contributed by atoms with Gasteiger partial charge in [0.15, 0.2) is 0 Å². The molecule has 2 nitrogen and oxygen atoms in total. The van der Waals surface area contributed by atoms with E-state index in [1.54, 1.807) is 0 Å². The minimum atomic E-state index is 0.355. The summed E-state index contributed by atoms with van der Waals surface area (Å²) < 4.78 is 0. The van der Waals surface area contributed by atoms with Crippen LogP contribution < -0.4 is 5.73 Å². The maximum atomic E-state index is 5.85. The average molecular weight is 152 g/mol. The Morgan fingerprint density at radius 3 is 2.73 bits per heavy atom. The number of likely N-dealkylation sites (tertiary alicyclic amines) is 1. The largest absolute Gasteiger partial charge is 0.326 e. The Hall–Kier alpha value is -0.520. The molecule has 0 aromatic carbocycles. The minimum absolute atomic E-state index is 0.355. The molecule has 1 saturated heterocycles. The van der Waals surface area contributed by atoms with Crippen molar-refractivity contribution in [3.63, 3.8) is 0 Å². The van der Waals surface area contributed by atoms with Crippen LogP contribution in [0.3, 0.4) is 0 Å². The highest BCUT2D eigenvalue weighted by Crippen LogP contribution is 2.12. The van der Waals surface area contributed by atoms with Crippen molar-refractivity contribution in [1.29, 1.82) is 0 Å². The normalized spacial score (nSPS) is 31.5. The summed E-state index contributed by atoms with van der Waals surface area (Å²) in [6, 6.07) is 0.355. The van der Waals surface area contributed by atoms with Crippen LogP contribution in [0.25, 0.3) is 0 Å². The predicted molar refractivity (Wildman–Crippen MR) is 47.0 cm³/mol. The number of rotatable bonds is 1. The van der Waals surface area contributed by atoms with Gasteiger partial charge in [-0.25, -0.2) is 0 Å². The van der Waals surface area contributed by atoms with Gasteiger partial charge >= 0.3 is 0 Å². The minimum Gasteiger partial charge on any atom is -0.326 e. The highest BCUT2D eigenvalue weighted by Gasteiger charge is 2.25. The van der Waals surface area contributed by atoms with Crippen molar-refractivity contribution in [3.8, 4) is 11.8 Å². The molecule has 0 aromatic rings. The van der Waals surface area contributed by atoms with E-state index in [0.717, 1.165) is 19.6 Å². The second kappa shape index (κ2) is 3.75. The molecular formula is C9H16N2. The van der Waals surface area contributed by atoms with Gasteiger partial charge in [0.1, 0.15) is 0 Å². The summed E-state index contributed by atoms with van der Waals surface area (Å²) in [4.78, 5) is 2.31. The van der Waals surface area contributed by atoms with E-state index in [1.165, 1.54) is 0 Å². The fourth-order valence-corrected chi connectivity index (χ4v) is 1.42. The van der Waals surface area contributed by atoms with Crippen molar-refractivity contribution in [3.05, 3.63) is 0 Å². The monoisotopic (exact) mass is 152 g/mol. The van der Waals surface area contributed by atoms with E-state index < -0.39 is 0 Å². The Bertz CT molecular complexity index is 168. The van der Waals surface area contributed by atoms with Gasteiger partial charge in [0, 0.05) is 19.1 Å². The third kappa shape index (κ3) is 2.21. The van der Waals surface area contributed by atoms with E-state index in [-0.39, 0.29) is 0 Å². The first-order valence-electron chi connectivity index (χ1n) is 4.11. The SMILES string of the molecule is CC#CCN1CC(C)C(N)C1. The molecule has 1 aliphatic rings. The van der Waals surface area contributed by atoms with E-state index in [9.17, 15) is 0 Å². The van der Waals surface area contributed by atoms with Gasteiger partial charge in [0.05, 0.1) is 6.54 Å². The summed E-state index contributed by atoms with van der Waals surface area (Å²) in [5.41, 5.74) is 5.85. The maximum absolute atomic E-state index is 5.85. The molecule has 1 fully saturated rings. The van der Waals surface area contributed by atoms with Crippen molar-refractivity contribution in [2.24, 2.45) is 11.7 Å². The van der Waals surface area contributed by atoms with Crippen LogP contribution in [0.2, 0.25) is 0 Å². The molecule has 0 spiro atoms. The molecule has 0 saturated carbocycles. The van der Waals surface area contributed by atoms with Gasteiger partial charge in [-0.3, -0.25) is 4.90 Å². The van der Waals surface area contributed by atoms with Gasteiger partial charge in [-0.15, -0.1) is 5.92 Å². The molecule has 1 heterocycles. The predicted octanol–water partition coefficient (Wildman–Crippen LogP) is 0.289. The zero-order valence-corrected chi connectivity index (χ0v) is 7.30. The molecule has 11 heavy (non-hydrogen) atoms. The van der Waals surface area contributed by atoms with Crippen LogP contribution in [0.15, 0.2) is 0 Å². The maximum Gasteiger partial charge on any atom is 0.0602 e. The Morgan fingerprint density at radius 1 is 1.55 bits per heavy atom. The molecule has 2 unspecified atom stereocenters. The summed E-state index contributed by atoms with van der Waals surface area (Å²) in [6.07, 6.45) is 0. The molecule has 0 bridgehead atoms. The first kappa shape index (κ1) is 8.58. The van der Waals surface area contributed by atoms with E-state index >= 15 is 0 Å². The fraction of sp³-hybridized carbons (Fsp3) is 0.778. The van der Waals surface area contributed by atoms with Crippen LogP contribution in [-0.2, 0) is 0 Å². The lowest BCUT2D eigenvalue weighted by Gasteiger charge is -2.09. The standard InChI is InChI=1S/C9H16N2/c1-3-4-5-11-6-8(2)9(10)7-11/h8-9H,5-7,10H2,1-2H3. The van der Waals surface area contributed by atoms with Crippen molar-refractivity contribution >= 4 is 0 Å². The number of nitrogens with zero attached hydrogens (tertiary/aromatic N) is 1. The Kier molecular flexibility index (Phi) is 2.92. The first-order chi connectivity index (χ1) is 5.24. The summed E-state index contributed by atoms with van der Waals surface area (Å²) in [5.74, 6) is 6.58. The van der Waals surface area contributed by atoms with Crippen LogP contribution in [-0.4, -0.2) is 30.6 Å². The zero-order valence-electron chi connectivity index (χ0n) is 7.30. The summed E-state index contributed by atoms with van der Waals surface area (Å²) in [5, 5.41) is 0. The Morgan fingerprint density at radius 2 is 2.27 bits per heavy atom. The van der Waals surface area contributed by atoms with Crippen LogP contribution in [0.1, 0.15) is 13.8 Å². The Balaban J connectivity index is 2.33. The molecule has 2 heteroatoms. The Labute approximate surface area is 68.8 Å². The molecule has 0 radical (unpaired) electrons. The van der Waals surface area contributed by atoms with Gasteiger partial charge in [-0.05, 0) is 12.8 Å².